The Bertz CT molecular complexity index is 399. The van der Waals surface area contributed by atoms with Crippen molar-refractivity contribution in [1.82, 2.24) is 9.97 Å². The normalized spacial score (nSPS) is 23.4. The zero-order valence-electron chi connectivity index (χ0n) is 11.9. The molecular formula is C14H24N4O. The highest BCUT2D eigenvalue weighted by Crippen LogP contribution is 2.27. The molecule has 1 aromatic heterocycles. The molecule has 1 aromatic rings. The van der Waals surface area contributed by atoms with Crippen molar-refractivity contribution >= 4 is 5.82 Å². The summed E-state index contributed by atoms with van der Waals surface area (Å²) in [5.74, 6) is 2.09. The lowest BCUT2D eigenvalue weighted by Crippen LogP contribution is -2.49. The van der Waals surface area contributed by atoms with Crippen LogP contribution in [0.5, 0.6) is 5.88 Å². The van der Waals surface area contributed by atoms with Gasteiger partial charge in [0.15, 0.2) is 5.82 Å². The van der Waals surface area contributed by atoms with Crippen LogP contribution in [-0.4, -0.2) is 35.7 Å². The third kappa shape index (κ3) is 3.35. The van der Waals surface area contributed by atoms with Gasteiger partial charge < -0.3 is 15.4 Å². The summed E-state index contributed by atoms with van der Waals surface area (Å²) in [6, 6.07) is 0.351. The Morgan fingerprint density at radius 2 is 2.32 bits per heavy atom. The fourth-order valence-electron chi connectivity index (χ4n) is 2.65. The summed E-state index contributed by atoms with van der Waals surface area (Å²) in [6.07, 6.45) is 6.86. The number of ether oxygens (including phenoxy) is 1. The highest BCUT2D eigenvalue weighted by Gasteiger charge is 2.28. The van der Waals surface area contributed by atoms with E-state index < -0.39 is 0 Å². The van der Waals surface area contributed by atoms with Gasteiger partial charge in [-0.1, -0.05) is 13.8 Å². The second kappa shape index (κ2) is 6.70. The quantitative estimate of drug-likeness (QED) is 0.879. The minimum atomic E-state index is 0.351. The van der Waals surface area contributed by atoms with Crippen molar-refractivity contribution in [2.45, 2.75) is 39.2 Å². The summed E-state index contributed by atoms with van der Waals surface area (Å²) in [4.78, 5) is 11.1. The molecule has 1 fully saturated rings. The first-order chi connectivity index (χ1) is 9.26. The minimum Gasteiger partial charge on any atom is -0.477 e. The van der Waals surface area contributed by atoms with Gasteiger partial charge in [0.1, 0.15) is 0 Å². The van der Waals surface area contributed by atoms with Gasteiger partial charge in [0.25, 0.3) is 0 Å². The summed E-state index contributed by atoms with van der Waals surface area (Å²) in [7, 11) is 0. The number of anilines is 1. The highest BCUT2D eigenvalue weighted by atomic mass is 16.5. The summed E-state index contributed by atoms with van der Waals surface area (Å²) >= 11 is 0. The van der Waals surface area contributed by atoms with E-state index in [1.54, 1.807) is 12.4 Å². The van der Waals surface area contributed by atoms with Crippen LogP contribution in [0.2, 0.25) is 0 Å². The van der Waals surface area contributed by atoms with E-state index in [4.69, 9.17) is 10.5 Å². The molecule has 0 amide bonds. The first-order valence-corrected chi connectivity index (χ1v) is 7.17. The van der Waals surface area contributed by atoms with Crippen molar-refractivity contribution in [2.24, 2.45) is 11.7 Å². The molecule has 5 heteroatoms. The van der Waals surface area contributed by atoms with Crippen LogP contribution in [0.15, 0.2) is 12.4 Å². The number of hydrogen-bond acceptors (Lipinski definition) is 5. The molecule has 1 aliphatic heterocycles. The monoisotopic (exact) mass is 264 g/mol. The Labute approximate surface area is 115 Å². The van der Waals surface area contributed by atoms with Crippen molar-refractivity contribution in [3.05, 3.63) is 12.4 Å². The Hall–Kier alpha value is -1.36. The number of nitrogens with zero attached hydrogens (tertiary/aromatic N) is 3. The topological polar surface area (TPSA) is 64.3 Å². The lowest BCUT2D eigenvalue weighted by molar-refractivity contribution is 0.301. The predicted molar refractivity (Wildman–Crippen MR) is 76.4 cm³/mol. The van der Waals surface area contributed by atoms with Gasteiger partial charge in [-0.15, -0.1) is 0 Å². The van der Waals surface area contributed by atoms with Crippen molar-refractivity contribution in [1.29, 1.82) is 0 Å². The number of nitrogens with two attached hydrogens (primary N) is 1. The molecular weight excluding hydrogens is 240 g/mol. The van der Waals surface area contributed by atoms with Crippen molar-refractivity contribution in [2.75, 3.05) is 24.6 Å². The van der Waals surface area contributed by atoms with Crippen molar-refractivity contribution in [3.8, 4) is 5.88 Å². The first kappa shape index (κ1) is 14.1. The summed E-state index contributed by atoms with van der Waals surface area (Å²) in [5.41, 5.74) is 5.92. The molecule has 1 aliphatic rings. The highest BCUT2D eigenvalue weighted by molar-refractivity contribution is 5.40. The molecule has 2 unspecified atom stereocenters. The van der Waals surface area contributed by atoms with Gasteiger partial charge in [-0.3, -0.25) is 4.98 Å². The van der Waals surface area contributed by atoms with Crippen LogP contribution < -0.4 is 15.4 Å². The Balaban J connectivity index is 2.15. The maximum Gasteiger partial charge on any atom is 0.234 e. The molecule has 106 valence electrons. The molecule has 2 heterocycles. The molecule has 0 radical (unpaired) electrons. The smallest absolute Gasteiger partial charge is 0.234 e. The van der Waals surface area contributed by atoms with E-state index >= 15 is 0 Å². The molecule has 19 heavy (non-hydrogen) atoms. The standard InChI is InChI=1S/C14H24N4O/c1-3-7-19-14-10-16-9-13(17-14)18-6-4-5-11(2)12(18)8-15/h9-12H,3-8,15H2,1-2H3. The lowest BCUT2D eigenvalue weighted by Gasteiger charge is -2.40. The first-order valence-electron chi connectivity index (χ1n) is 7.17. The van der Waals surface area contributed by atoms with E-state index in [0.717, 1.165) is 18.8 Å². The van der Waals surface area contributed by atoms with Crippen LogP contribution in [0, 0.1) is 5.92 Å². The summed E-state index contributed by atoms with van der Waals surface area (Å²) < 4.78 is 5.55. The maximum absolute atomic E-state index is 5.92. The number of piperidine rings is 1. The minimum absolute atomic E-state index is 0.351. The van der Waals surface area contributed by atoms with Gasteiger partial charge >= 0.3 is 0 Å². The van der Waals surface area contributed by atoms with E-state index in [-0.39, 0.29) is 0 Å². The zero-order valence-corrected chi connectivity index (χ0v) is 11.9. The second-order valence-corrected chi connectivity index (χ2v) is 5.18. The van der Waals surface area contributed by atoms with Crippen molar-refractivity contribution in [3.63, 3.8) is 0 Å². The third-order valence-corrected chi connectivity index (χ3v) is 3.71. The maximum atomic E-state index is 5.92. The number of rotatable bonds is 5. The molecule has 2 rings (SSSR count). The number of aromatic nitrogens is 2. The molecule has 0 bridgehead atoms. The van der Waals surface area contributed by atoms with Gasteiger partial charge in [0.2, 0.25) is 5.88 Å². The predicted octanol–water partition coefficient (Wildman–Crippen LogP) is 1.83. The zero-order chi connectivity index (χ0) is 13.7. The fourth-order valence-corrected chi connectivity index (χ4v) is 2.65. The van der Waals surface area contributed by atoms with Crippen LogP contribution in [0.4, 0.5) is 5.82 Å². The van der Waals surface area contributed by atoms with Crippen LogP contribution in [0.25, 0.3) is 0 Å². The molecule has 1 saturated heterocycles. The largest absolute Gasteiger partial charge is 0.477 e. The molecule has 2 N–H and O–H groups in total. The van der Waals surface area contributed by atoms with E-state index in [9.17, 15) is 0 Å². The molecule has 5 nitrogen and oxygen atoms in total. The van der Waals surface area contributed by atoms with Crippen LogP contribution in [-0.2, 0) is 0 Å². The van der Waals surface area contributed by atoms with Crippen LogP contribution in [0.3, 0.4) is 0 Å². The summed E-state index contributed by atoms with van der Waals surface area (Å²) in [5, 5.41) is 0. The Morgan fingerprint density at radius 1 is 1.47 bits per heavy atom. The van der Waals surface area contributed by atoms with Crippen LogP contribution in [0.1, 0.15) is 33.1 Å². The molecule has 2 atom stereocenters. The Kier molecular flexibility index (Phi) is 4.96. The molecule has 0 spiro atoms. The van der Waals surface area contributed by atoms with Crippen LogP contribution >= 0.6 is 0 Å². The fraction of sp³-hybridized carbons (Fsp3) is 0.714. The van der Waals surface area contributed by atoms with Gasteiger partial charge in [-0.25, -0.2) is 0 Å². The Morgan fingerprint density at radius 3 is 3.05 bits per heavy atom. The molecule has 0 aliphatic carbocycles. The van der Waals surface area contributed by atoms with Gasteiger partial charge in [-0.2, -0.15) is 4.98 Å². The lowest BCUT2D eigenvalue weighted by atomic mass is 9.91. The average Bonchev–Trinajstić information content (AvgIpc) is 2.45. The van der Waals surface area contributed by atoms with Gasteiger partial charge in [0, 0.05) is 19.1 Å². The van der Waals surface area contributed by atoms with E-state index in [2.05, 4.69) is 28.7 Å². The van der Waals surface area contributed by atoms with Crippen molar-refractivity contribution < 1.29 is 4.74 Å². The van der Waals surface area contributed by atoms with E-state index in [0.29, 0.717) is 31.0 Å². The second-order valence-electron chi connectivity index (χ2n) is 5.18. The van der Waals surface area contributed by atoms with Gasteiger partial charge in [0.05, 0.1) is 19.0 Å². The number of hydrogen-bond donors (Lipinski definition) is 1. The van der Waals surface area contributed by atoms with E-state index in [1.165, 1.54) is 12.8 Å². The van der Waals surface area contributed by atoms with Gasteiger partial charge in [-0.05, 0) is 25.2 Å². The molecule has 0 saturated carbocycles. The SMILES string of the molecule is CCCOc1cncc(N2CCCC(C)C2CN)n1. The summed E-state index contributed by atoms with van der Waals surface area (Å²) in [6.45, 7) is 6.67. The molecule has 0 aromatic carbocycles. The average molecular weight is 264 g/mol. The van der Waals surface area contributed by atoms with E-state index in [1.807, 2.05) is 0 Å². The third-order valence-electron chi connectivity index (χ3n) is 3.71.